The lowest BCUT2D eigenvalue weighted by Crippen LogP contribution is -2.55. The van der Waals surface area contributed by atoms with Gasteiger partial charge in [-0.3, -0.25) is 14.4 Å². The van der Waals surface area contributed by atoms with Crippen LogP contribution in [0.3, 0.4) is 0 Å². The summed E-state index contributed by atoms with van der Waals surface area (Å²) in [6.07, 6.45) is 0.639. The van der Waals surface area contributed by atoms with Gasteiger partial charge >= 0.3 is 5.97 Å². The number of nitrogens with one attached hydrogen (secondary N) is 1. The molecular weight excluding hydrogens is 393 g/mol. The summed E-state index contributed by atoms with van der Waals surface area (Å²) in [5, 5.41) is 11.4. The van der Waals surface area contributed by atoms with E-state index in [0.29, 0.717) is 0 Å². The fourth-order valence-corrected chi connectivity index (χ4v) is 3.66. The van der Waals surface area contributed by atoms with Crippen molar-refractivity contribution >= 4 is 27.8 Å². The number of hydrogen-bond acceptors (Lipinski definition) is 5. The van der Waals surface area contributed by atoms with Crippen molar-refractivity contribution in [2.75, 3.05) is 32.4 Å². The Bertz CT molecular complexity index is 835. The molecular formula is C17H22FN3O6S. The van der Waals surface area contributed by atoms with Gasteiger partial charge in [0, 0.05) is 38.2 Å². The molecule has 0 spiro atoms. The molecule has 1 unspecified atom stereocenters. The van der Waals surface area contributed by atoms with Crippen LogP contribution in [0.2, 0.25) is 0 Å². The van der Waals surface area contributed by atoms with E-state index in [1.54, 1.807) is 0 Å². The van der Waals surface area contributed by atoms with Crippen LogP contribution in [-0.2, 0) is 19.6 Å². The van der Waals surface area contributed by atoms with E-state index in [9.17, 15) is 27.2 Å². The number of sulfonamides is 1. The number of piperazine rings is 1. The van der Waals surface area contributed by atoms with E-state index in [-0.39, 0.29) is 44.6 Å². The van der Waals surface area contributed by atoms with Crippen molar-refractivity contribution in [2.24, 2.45) is 0 Å². The normalized spacial score (nSPS) is 16.4. The van der Waals surface area contributed by atoms with Gasteiger partial charge in [-0.15, -0.1) is 0 Å². The molecule has 0 bridgehead atoms. The van der Waals surface area contributed by atoms with E-state index in [4.69, 9.17) is 5.11 Å². The molecule has 154 valence electrons. The zero-order valence-electron chi connectivity index (χ0n) is 15.3. The number of hydrogen-bond donors (Lipinski definition) is 2. The number of amides is 2. The Kier molecular flexibility index (Phi) is 7.08. The summed E-state index contributed by atoms with van der Waals surface area (Å²) >= 11 is 0. The molecule has 1 heterocycles. The maximum absolute atomic E-state index is 13.0. The fraction of sp³-hybridized carbons (Fsp3) is 0.471. The van der Waals surface area contributed by atoms with Gasteiger partial charge in [0.2, 0.25) is 15.9 Å². The molecule has 0 aromatic heterocycles. The largest absolute Gasteiger partial charge is 0.481 e. The van der Waals surface area contributed by atoms with Crippen LogP contribution in [0.5, 0.6) is 0 Å². The van der Waals surface area contributed by atoms with Crippen molar-refractivity contribution in [3.63, 3.8) is 0 Å². The summed E-state index contributed by atoms with van der Waals surface area (Å²) in [5.74, 6) is -2.74. The number of carboxylic acid groups (broad SMARTS) is 1. The highest BCUT2D eigenvalue weighted by atomic mass is 32.2. The van der Waals surface area contributed by atoms with Gasteiger partial charge in [0.05, 0.1) is 6.26 Å². The predicted molar refractivity (Wildman–Crippen MR) is 97.5 cm³/mol. The number of benzene rings is 1. The second kappa shape index (κ2) is 9.11. The number of carbonyl (C=O) groups excluding carboxylic acids is 2. The average Bonchev–Trinajstić information content (AvgIpc) is 2.64. The molecule has 11 heteroatoms. The van der Waals surface area contributed by atoms with E-state index < -0.39 is 39.7 Å². The van der Waals surface area contributed by atoms with Crippen molar-refractivity contribution in [3.8, 4) is 0 Å². The molecule has 2 rings (SSSR count). The molecule has 0 saturated carbocycles. The van der Waals surface area contributed by atoms with Crippen LogP contribution in [0, 0.1) is 5.82 Å². The van der Waals surface area contributed by atoms with Crippen LogP contribution in [-0.4, -0.2) is 79.0 Å². The van der Waals surface area contributed by atoms with Gasteiger partial charge in [-0.1, -0.05) is 0 Å². The van der Waals surface area contributed by atoms with Crippen molar-refractivity contribution in [1.29, 1.82) is 0 Å². The Hall–Kier alpha value is -2.53. The molecule has 1 aromatic rings. The molecule has 0 radical (unpaired) electrons. The van der Waals surface area contributed by atoms with Gasteiger partial charge in [-0.25, -0.2) is 12.8 Å². The Morgan fingerprint density at radius 3 is 2.21 bits per heavy atom. The number of carbonyl (C=O) groups is 3. The number of carboxylic acids is 1. The lowest BCUT2D eigenvalue weighted by molar-refractivity contribution is -0.138. The standard InChI is InChI=1S/C17H22FN3O6S/c1-28(26,27)21-10-8-20(9-11-21)17(25)14(6-7-15(22)23)19-16(24)12-2-4-13(18)5-3-12/h2-5,14H,6-11H2,1H3,(H,19,24)(H,22,23). The zero-order chi connectivity index (χ0) is 20.9. The first-order chi connectivity index (χ1) is 13.1. The van der Waals surface area contributed by atoms with Crippen molar-refractivity contribution in [1.82, 2.24) is 14.5 Å². The van der Waals surface area contributed by atoms with E-state index >= 15 is 0 Å². The number of halogens is 1. The van der Waals surface area contributed by atoms with Gasteiger partial charge < -0.3 is 15.3 Å². The molecule has 28 heavy (non-hydrogen) atoms. The highest BCUT2D eigenvalue weighted by molar-refractivity contribution is 7.88. The summed E-state index contributed by atoms with van der Waals surface area (Å²) < 4.78 is 37.4. The van der Waals surface area contributed by atoms with Crippen molar-refractivity contribution in [2.45, 2.75) is 18.9 Å². The maximum atomic E-state index is 13.0. The lowest BCUT2D eigenvalue weighted by atomic mass is 10.1. The van der Waals surface area contributed by atoms with E-state index in [2.05, 4.69) is 5.32 Å². The third-order valence-corrected chi connectivity index (χ3v) is 5.68. The number of nitrogens with zero attached hydrogens (tertiary/aromatic N) is 2. The van der Waals surface area contributed by atoms with E-state index in [1.165, 1.54) is 21.3 Å². The summed E-state index contributed by atoms with van der Waals surface area (Å²) in [4.78, 5) is 37.4. The Labute approximate surface area is 162 Å². The van der Waals surface area contributed by atoms with Gasteiger partial charge in [0.1, 0.15) is 11.9 Å². The van der Waals surface area contributed by atoms with Crippen LogP contribution in [0.4, 0.5) is 4.39 Å². The van der Waals surface area contributed by atoms with Crippen LogP contribution >= 0.6 is 0 Å². The summed E-state index contributed by atoms with van der Waals surface area (Å²) in [6.45, 7) is 0.536. The third-order valence-electron chi connectivity index (χ3n) is 4.38. The SMILES string of the molecule is CS(=O)(=O)N1CCN(C(=O)C(CCC(=O)O)NC(=O)c2ccc(F)cc2)CC1. The molecule has 1 aromatic carbocycles. The molecule has 2 N–H and O–H groups in total. The maximum Gasteiger partial charge on any atom is 0.303 e. The minimum Gasteiger partial charge on any atom is -0.481 e. The van der Waals surface area contributed by atoms with Crippen LogP contribution in [0.1, 0.15) is 23.2 Å². The summed E-state index contributed by atoms with van der Waals surface area (Å²) in [6, 6.07) is 3.64. The van der Waals surface area contributed by atoms with Crippen molar-refractivity contribution in [3.05, 3.63) is 35.6 Å². The van der Waals surface area contributed by atoms with Gasteiger partial charge in [0.15, 0.2) is 0 Å². The average molecular weight is 415 g/mol. The Morgan fingerprint density at radius 1 is 1.14 bits per heavy atom. The number of rotatable bonds is 7. The summed E-state index contributed by atoms with van der Waals surface area (Å²) in [5.41, 5.74) is 0.136. The molecule has 0 aliphatic carbocycles. The molecule has 1 aliphatic heterocycles. The first kappa shape index (κ1) is 21.8. The second-order valence-electron chi connectivity index (χ2n) is 6.45. The fourth-order valence-electron chi connectivity index (χ4n) is 2.83. The quantitative estimate of drug-likeness (QED) is 0.641. The number of aliphatic carboxylic acids is 1. The smallest absolute Gasteiger partial charge is 0.303 e. The highest BCUT2D eigenvalue weighted by Gasteiger charge is 2.31. The highest BCUT2D eigenvalue weighted by Crippen LogP contribution is 2.11. The topological polar surface area (TPSA) is 124 Å². The monoisotopic (exact) mass is 415 g/mol. The van der Waals surface area contributed by atoms with E-state index in [0.717, 1.165) is 18.4 Å². The first-order valence-corrected chi connectivity index (χ1v) is 10.4. The Morgan fingerprint density at radius 2 is 1.71 bits per heavy atom. The predicted octanol–water partition coefficient (Wildman–Crippen LogP) is -0.107. The minimum atomic E-state index is -3.36. The molecule has 1 fully saturated rings. The minimum absolute atomic E-state index is 0.118. The molecule has 9 nitrogen and oxygen atoms in total. The van der Waals surface area contributed by atoms with Crippen LogP contribution in [0.15, 0.2) is 24.3 Å². The Balaban J connectivity index is 2.07. The molecule has 1 saturated heterocycles. The van der Waals surface area contributed by atoms with E-state index in [1.807, 2.05) is 0 Å². The van der Waals surface area contributed by atoms with Gasteiger partial charge in [-0.2, -0.15) is 4.31 Å². The second-order valence-corrected chi connectivity index (χ2v) is 8.44. The summed E-state index contributed by atoms with van der Waals surface area (Å²) in [7, 11) is -3.36. The first-order valence-electron chi connectivity index (χ1n) is 8.60. The van der Waals surface area contributed by atoms with Crippen molar-refractivity contribution < 1.29 is 32.3 Å². The molecule has 1 aliphatic rings. The molecule has 1 atom stereocenters. The van der Waals surface area contributed by atoms with Gasteiger partial charge in [-0.05, 0) is 30.7 Å². The lowest BCUT2D eigenvalue weighted by Gasteiger charge is -2.35. The molecule has 2 amide bonds. The third kappa shape index (κ3) is 5.99. The zero-order valence-corrected chi connectivity index (χ0v) is 16.1. The van der Waals surface area contributed by atoms with Crippen LogP contribution in [0.25, 0.3) is 0 Å². The van der Waals surface area contributed by atoms with Crippen LogP contribution < -0.4 is 5.32 Å². The van der Waals surface area contributed by atoms with Gasteiger partial charge in [0.25, 0.3) is 5.91 Å².